The minimum atomic E-state index is -0.944. The standard InChI is InChI=1S/C16H16N6O5/c1-7-12(27-16(23)26-2)10(8-4-3-5-9(6-8)22(24)25)11-13(17)20-15(18)21-14(11)19-7/h3-6,10H,1-2H3,(H5,17,18,19,20,21). The Bertz CT molecular complexity index is 974. The van der Waals surface area contributed by atoms with Crippen LogP contribution in [0, 0.1) is 10.1 Å². The van der Waals surface area contributed by atoms with Gasteiger partial charge in [-0.2, -0.15) is 9.97 Å². The van der Waals surface area contributed by atoms with Crippen LogP contribution in [0.25, 0.3) is 0 Å². The van der Waals surface area contributed by atoms with E-state index in [9.17, 15) is 14.9 Å². The number of allylic oxidation sites excluding steroid dienone is 2. The van der Waals surface area contributed by atoms with Crippen molar-refractivity contribution < 1.29 is 19.2 Å². The van der Waals surface area contributed by atoms with E-state index in [1.807, 2.05) is 0 Å². The van der Waals surface area contributed by atoms with E-state index < -0.39 is 17.0 Å². The quantitative estimate of drug-likeness (QED) is 0.412. The lowest BCUT2D eigenvalue weighted by Gasteiger charge is -2.29. The molecule has 1 atom stereocenters. The number of nitrogen functional groups attached to an aromatic ring is 2. The molecule has 1 unspecified atom stereocenters. The first-order valence-electron chi connectivity index (χ1n) is 7.72. The third-order valence-electron chi connectivity index (χ3n) is 3.99. The third kappa shape index (κ3) is 3.29. The second-order valence-electron chi connectivity index (χ2n) is 5.68. The highest BCUT2D eigenvalue weighted by Crippen LogP contribution is 2.44. The minimum absolute atomic E-state index is 0.0401. The van der Waals surface area contributed by atoms with Gasteiger partial charge in [-0.3, -0.25) is 10.1 Å². The van der Waals surface area contributed by atoms with Crippen LogP contribution in [0.4, 0.5) is 28.1 Å². The average Bonchev–Trinajstić information content (AvgIpc) is 2.62. The molecule has 1 aromatic carbocycles. The monoisotopic (exact) mass is 372 g/mol. The van der Waals surface area contributed by atoms with Gasteiger partial charge in [0.15, 0.2) is 0 Å². The predicted molar refractivity (Wildman–Crippen MR) is 95.6 cm³/mol. The van der Waals surface area contributed by atoms with E-state index in [1.54, 1.807) is 13.0 Å². The second-order valence-corrected chi connectivity index (χ2v) is 5.68. The van der Waals surface area contributed by atoms with Gasteiger partial charge in [0, 0.05) is 12.1 Å². The Hall–Kier alpha value is -3.89. The molecule has 0 fully saturated rings. The summed E-state index contributed by atoms with van der Waals surface area (Å²) in [5.74, 6) is -0.274. The van der Waals surface area contributed by atoms with Crippen molar-refractivity contribution in [3.05, 3.63) is 57.0 Å². The largest absolute Gasteiger partial charge is 0.513 e. The molecule has 1 aliphatic rings. The maximum atomic E-state index is 11.7. The normalized spacial score (nSPS) is 15.6. The molecule has 1 aliphatic heterocycles. The fourth-order valence-corrected chi connectivity index (χ4v) is 2.87. The van der Waals surface area contributed by atoms with Crippen LogP contribution in [0.15, 0.2) is 35.7 Å². The van der Waals surface area contributed by atoms with Crippen molar-refractivity contribution in [2.75, 3.05) is 23.9 Å². The van der Waals surface area contributed by atoms with Gasteiger partial charge in [0.1, 0.15) is 17.4 Å². The summed E-state index contributed by atoms with van der Waals surface area (Å²) in [6.45, 7) is 1.65. The van der Waals surface area contributed by atoms with Crippen molar-refractivity contribution >= 4 is 29.4 Å². The zero-order valence-electron chi connectivity index (χ0n) is 14.4. The van der Waals surface area contributed by atoms with E-state index in [-0.39, 0.29) is 23.2 Å². The van der Waals surface area contributed by atoms with Crippen LogP contribution in [0.1, 0.15) is 24.0 Å². The number of nitro groups is 1. The summed E-state index contributed by atoms with van der Waals surface area (Å²) >= 11 is 0. The van der Waals surface area contributed by atoms with E-state index in [2.05, 4.69) is 20.0 Å². The van der Waals surface area contributed by atoms with E-state index in [4.69, 9.17) is 16.2 Å². The summed E-state index contributed by atoms with van der Waals surface area (Å²) in [7, 11) is 1.17. The molecule has 11 nitrogen and oxygen atoms in total. The Labute approximate surface area is 153 Å². The first-order valence-corrected chi connectivity index (χ1v) is 7.72. The Morgan fingerprint density at radius 3 is 2.74 bits per heavy atom. The first kappa shape index (κ1) is 17.9. The zero-order chi connectivity index (χ0) is 19.7. The molecule has 0 spiro atoms. The number of rotatable bonds is 3. The smallest absolute Gasteiger partial charge is 0.437 e. The molecule has 0 saturated heterocycles. The van der Waals surface area contributed by atoms with Crippen LogP contribution in [0.2, 0.25) is 0 Å². The molecule has 2 heterocycles. The van der Waals surface area contributed by atoms with E-state index in [0.29, 0.717) is 22.6 Å². The number of carbonyl (C=O) groups excluding carboxylic acids is 1. The summed E-state index contributed by atoms with van der Waals surface area (Å²) in [6.07, 6.45) is -0.944. The Morgan fingerprint density at radius 1 is 1.33 bits per heavy atom. The average molecular weight is 372 g/mol. The number of nitrogens with one attached hydrogen (secondary N) is 1. The molecule has 2 aromatic rings. The number of hydrogen-bond donors (Lipinski definition) is 3. The summed E-state index contributed by atoms with van der Waals surface area (Å²) in [5.41, 5.74) is 12.9. The van der Waals surface area contributed by atoms with Crippen LogP contribution in [0.5, 0.6) is 0 Å². The number of methoxy groups -OCH3 is 1. The van der Waals surface area contributed by atoms with Gasteiger partial charge in [-0.1, -0.05) is 12.1 Å². The number of ether oxygens (including phenoxy) is 2. The third-order valence-corrected chi connectivity index (χ3v) is 3.99. The molecule has 27 heavy (non-hydrogen) atoms. The van der Waals surface area contributed by atoms with Gasteiger partial charge in [0.25, 0.3) is 5.69 Å². The number of carbonyl (C=O) groups is 1. The van der Waals surface area contributed by atoms with Crippen molar-refractivity contribution in [3.8, 4) is 0 Å². The van der Waals surface area contributed by atoms with Crippen LogP contribution < -0.4 is 16.8 Å². The van der Waals surface area contributed by atoms with Crippen molar-refractivity contribution in [1.29, 1.82) is 0 Å². The first-order chi connectivity index (χ1) is 12.8. The lowest BCUT2D eigenvalue weighted by atomic mass is 9.86. The molecule has 11 heteroatoms. The highest BCUT2D eigenvalue weighted by Gasteiger charge is 2.35. The van der Waals surface area contributed by atoms with Gasteiger partial charge in [0.2, 0.25) is 5.95 Å². The maximum Gasteiger partial charge on any atom is 0.513 e. The lowest BCUT2D eigenvalue weighted by molar-refractivity contribution is -0.384. The van der Waals surface area contributed by atoms with Crippen LogP contribution in [-0.4, -0.2) is 28.2 Å². The van der Waals surface area contributed by atoms with Crippen LogP contribution in [-0.2, 0) is 9.47 Å². The van der Waals surface area contributed by atoms with E-state index in [1.165, 1.54) is 25.3 Å². The number of nitrogens with two attached hydrogens (primary N) is 2. The Morgan fingerprint density at radius 2 is 2.07 bits per heavy atom. The number of anilines is 3. The molecular formula is C16H16N6O5. The van der Waals surface area contributed by atoms with Crippen LogP contribution in [0.3, 0.4) is 0 Å². The fourth-order valence-electron chi connectivity index (χ4n) is 2.87. The van der Waals surface area contributed by atoms with Crippen molar-refractivity contribution in [2.45, 2.75) is 12.8 Å². The van der Waals surface area contributed by atoms with E-state index >= 15 is 0 Å². The Kier molecular flexibility index (Phi) is 4.50. The SMILES string of the molecule is COC(=O)OC1=C(C)Nc2nc(N)nc(N)c2C1c1cccc([N+](=O)[O-])c1. The molecular weight excluding hydrogens is 356 g/mol. The molecule has 3 rings (SSSR count). The molecule has 0 radical (unpaired) electrons. The molecule has 5 N–H and O–H groups in total. The van der Waals surface area contributed by atoms with E-state index in [0.717, 1.165) is 0 Å². The van der Waals surface area contributed by atoms with Gasteiger partial charge in [0.05, 0.1) is 29.2 Å². The van der Waals surface area contributed by atoms with Crippen LogP contribution >= 0.6 is 0 Å². The highest BCUT2D eigenvalue weighted by atomic mass is 16.7. The number of hydrogen-bond acceptors (Lipinski definition) is 10. The van der Waals surface area contributed by atoms with Crippen molar-refractivity contribution in [2.24, 2.45) is 0 Å². The van der Waals surface area contributed by atoms with Gasteiger partial charge in [-0.25, -0.2) is 4.79 Å². The molecule has 140 valence electrons. The molecule has 0 amide bonds. The molecule has 0 saturated carbocycles. The Balaban J connectivity index is 2.23. The molecule has 0 bridgehead atoms. The van der Waals surface area contributed by atoms with Gasteiger partial charge in [-0.15, -0.1) is 0 Å². The molecule has 0 aliphatic carbocycles. The minimum Gasteiger partial charge on any atom is -0.437 e. The summed E-state index contributed by atoms with van der Waals surface area (Å²) in [5, 5.41) is 14.1. The summed E-state index contributed by atoms with van der Waals surface area (Å²) in [6, 6.07) is 5.89. The highest BCUT2D eigenvalue weighted by molar-refractivity contribution is 5.71. The zero-order valence-corrected chi connectivity index (χ0v) is 14.4. The maximum absolute atomic E-state index is 11.7. The number of fused-ring (bicyclic) bond motifs is 1. The number of aromatic nitrogens is 2. The predicted octanol–water partition coefficient (Wildman–Crippen LogP) is 2.12. The number of nitrogens with zero attached hydrogens (tertiary/aromatic N) is 3. The fraction of sp³-hybridized carbons (Fsp3) is 0.188. The number of non-ortho nitro benzene ring substituents is 1. The molecule has 1 aromatic heterocycles. The second kappa shape index (κ2) is 6.78. The number of benzene rings is 1. The number of nitro benzene ring substituents is 1. The summed E-state index contributed by atoms with van der Waals surface area (Å²) in [4.78, 5) is 30.5. The van der Waals surface area contributed by atoms with Gasteiger partial charge < -0.3 is 26.3 Å². The summed E-state index contributed by atoms with van der Waals surface area (Å²) < 4.78 is 9.88. The van der Waals surface area contributed by atoms with Crippen molar-refractivity contribution in [3.63, 3.8) is 0 Å². The topological polar surface area (TPSA) is 169 Å². The van der Waals surface area contributed by atoms with Gasteiger partial charge in [-0.05, 0) is 12.5 Å². The lowest BCUT2D eigenvalue weighted by Crippen LogP contribution is -2.24. The van der Waals surface area contributed by atoms with Gasteiger partial charge >= 0.3 is 6.16 Å². The van der Waals surface area contributed by atoms with Crippen molar-refractivity contribution in [1.82, 2.24) is 9.97 Å².